The minimum absolute atomic E-state index is 0.268. The summed E-state index contributed by atoms with van der Waals surface area (Å²) in [4.78, 5) is 10.1. The van der Waals surface area contributed by atoms with Crippen LogP contribution < -0.4 is 15.5 Å². The number of nitrogens with zero attached hydrogens (tertiary/aromatic N) is 3. The third kappa shape index (κ3) is 5.20. The highest BCUT2D eigenvalue weighted by atomic mass is 19.1. The third-order valence-electron chi connectivity index (χ3n) is 5.33. The molecule has 3 aromatic carbocycles. The van der Waals surface area contributed by atoms with Crippen LogP contribution in [-0.4, -0.2) is 37.7 Å². The zero-order chi connectivity index (χ0) is 24.0. The SMILES string of the molecule is C=C(NCc1ccc(NC)cc1)c1cc(N(C)C)cc2c1cnn2-c1ccc(F)cc1.C=O. The molecule has 1 aromatic heterocycles. The van der Waals surface area contributed by atoms with Crippen LogP contribution in [0.5, 0.6) is 0 Å². The first-order chi connectivity index (χ1) is 16.0. The average Bonchev–Trinajstić information content (AvgIpc) is 3.28. The van der Waals surface area contributed by atoms with E-state index in [-0.39, 0.29) is 5.82 Å². The Balaban J connectivity index is 0.00000149. The van der Waals surface area contributed by atoms with Gasteiger partial charge in [0.2, 0.25) is 0 Å². The summed E-state index contributed by atoms with van der Waals surface area (Å²) in [5.41, 5.74) is 6.84. The summed E-state index contributed by atoms with van der Waals surface area (Å²) in [5, 5.41) is 12.1. The van der Waals surface area contributed by atoms with Crippen molar-refractivity contribution in [3.63, 3.8) is 0 Å². The van der Waals surface area contributed by atoms with Crippen LogP contribution in [0.15, 0.2) is 73.4 Å². The molecule has 1 heterocycles. The number of fused-ring (bicyclic) bond motifs is 1. The molecule has 0 amide bonds. The van der Waals surface area contributed by atoms with Crippen LogP contribution in [0.25, 0.3) is 22.3 Å². The second kappa shape index (κ2) is 10.5. The number of carbonyl (C=O) groups is 1. The fraction of sp³-hybridized carbons (Fsp3) is 0.154. The van der Waals surface area contributed by atoms with Crippen molar-refractivity contribution < 1.29 is 9.18 Å². The molecule has 0 unspecified atom stereocenters. The number of halogens is 1. The molecule has 0 saturated carbocycles. The van der Waals surface area contributed by atoms with Gasteiger partial charge in [-0.15, -0.1) is 0 Å². The van der Waals surface area contributed by atoms with Crippen molar-refractivity contribution in [1.29, 1.82) is 0 Å². The van der Waals surface area contributed by atoms with E-state index in [0.29, 0.717) is 6.54 Å². The van der Waals surface area contributed by atoms with Gasteiger partial charge in [0, 0.05) is 55.7 Å². The van der Waals surface area contributed by atoms with Crippen molar-refractivity contribution in [3.8, 4) is 5.69 Å². The number of aromatic nitrogens is 2. The largest absolute Gasteiger partial charge is 0.388 e. The summed E-state index contributed by atoms with van der Waals surface area (Å²) in [7, 11) is 5.91. The van der Waals surface area contributed by atoms with Crippen molar-refractivity contribution in [3.05, 3.63) is 90.4 Å². The highest BCUT2D eigenvalue weighted by Gasteiger charge is 2.14. The van der Waals surface area contributed by atoms with Gasteiger partial charge >= 0.3 is 0 Å². The summed E-state index contributed by atoms with van der Waals surface area (Å²) in [6, 6.07) is 18.8. The van der Waals surface area contributed by atoms with Gasteiger partial charge in [-0.2, -0.15) is 5.10 Å². The maximum Gasteiger partial charge on any atom is 0.123 e. The molecule has 0 saturated heterocycles. The van der Waals surface area contributed by atoms with Crippen LogP contribution in [0.1, 0.15) is 11.1 Å². The summed E-state index contributed by atoms with van der Waals surface area (Å²) in [5.74, 6) is -0.268. The molecule has 4 aromatic rings. The molecule has 33 heavy (non-hydrogen) atoms. The highest BCUT2D eigenvalue weighted by Crippen LogP contribution is 2.30. The van der Waals surface area contributed by atoms with Gasteiger partial charge in [-0.25, -0.2) is 9.07 Å². The van der Waals surface area contributed by atoms with Gasteiger partial charge in [-0.05, 0) is 54.1 Å². The molecular weight excluding hydrogens is 417 g/mol. The first-order valence-electron chi connectivity index (χ1n) is 10.4. The number of nitrogens with one attached hydrogen (secondary N) is 2. The van der Waals surface area contributed by atoms with Crippen molar-refractivity contribution in [2.45, 2.75) is 6.54 Å². The van der Waals surface area contributed by atoms with E-state index >= 15 is 0 Å². The van der Waals surface area contributed by atoms with Gasteiger partial charge in [0.15, 0.2) is 0 Å². The predicted molar refractivity (Wildman–Crippen MR) is 134 cm³/mol. The molecule has 0 fully saturated rings. The van der Waals surface area contributed by atoms with Crippen molar-refractivity contribution in [1.82, 2.24) is 15.1 Å². The van der Waals surface area contributed by atoms with Gasteiger partial charge in [0.05, 0.1) is 17.4 Å². The number of rotatable bonds is 7. The topological polar surface area (TPSA) is 62.2 Å². The fourth-order valence-corrected chi connectivity index (χ4v) is 3.50. The van der Waals surface area contributed by atoms with E-state index in [4.69, 9.17) is 4.79 Å². The Labute approximate surface area is 193 Å². The minimum atomic E-state index is -0.268. The number of hydrogen-bond acceptors (Lipinski definition) is 5. The zero-order valence-electron chi connectivity index (χ0n) is 19.1. The molecule has 6 nitrogen and oxygen atoms in total. The third-order valence-corrected chi connectivity index (χ3v) is 5.33. The summed E-state index contributed by atoms with van der Waals surface area (Å²) < 4.78 is 15.2. The lowest BCUT2D eigenvalue weighted by Crippen LogP contribution is -2.13. The lowest BCUT2D eigenvalue weighted by Gasteiger charge is -2.17. The Morgan fingerprint density at radius 2 is 1.73 bits per heavy atom. The van der Waals surface area contributed by atoms with E-state index in [1.54, 1.807) is 12.1 Å². The van der Waals surface area contributed by atoms with E-state index in [0.717, 1.165) is 39.2 Å². The Kier molecular flexibility index (Phi) is 7.46. The monoisotopic (exact) mass is 445 g/mol. The standard InChI is InChI=1S/C25H26FN5.CH2O/c1-17(28-15-18-5-9-20(27-2)10-6-18)23-13-22(30(3)4)14-25-24(23)16-29-31(25)21-11-7-19(26)8-12-21;1-2/h5-14,16,27-28H,1,15H2,2-4H3;1H2. The first-order valence-corrected chi connectivity index (χ1v) is 10.4. The molecule has 4 rings (SSSR count). The van der Waals surface area contributed by atoms with E-state index in [1.165, 1.54) is 17.7 Å². The van der Waals surface area contributed by atoms with Crippen LogP contribution in [0.3, 0.4) is 0 Å². The van der Waals surface area contributed by atoms with Crippen LogP contribution in [0, 0.1) is 5.82 Å². The van der Waals surface area contributed by atoms with E-state index < -0.39 is 0 Å². The Hall–Kier alpha value is -4.13. The molecule has 0 atom stereocenters. The molecule has 0 spiro atoms. The Bertz CT molecular complexity index is 1230. The molecule has 0 aliphatic rings. The predicted octanol–water partition coefficient (Wildman–Crippen LogP) is 4.85. The van der Waals surface area contributed by atoms with Crippen molar-refractivity contribution >= 4 is 34.8 Å². The van der Waals surface area contributed by atoms with Crippen molar-refractivity contribution in [2.24, 2.45) is 0 Å². The summed E-state index contributed by atoms with van der Waals surface area (Å²) in [6.45, 7) is 6.96. The first kappa shape index (κ1) is 23.5. The number of carbonyl (C=O) groups excluding carboxylic acids is 1. The van der Waals surface area contributed by atoms with Crippen molar-refractivity contribution in [2.75, 3.05) is 31.4 Å². The van der Waals surface area contributed by atoms with E-state index in [1.807, 2.05) is 38.8 Å². The second-order valence-corrected chi connectivity index (χ2v) is 7.63. The number of hydrogen-bond donors (Lipinski definition) is 2. The minimum Gasteiger partial charge on any atom is -0.388 e. The van der Waals surface area contributed by atoms with Crippen LogP contribution in [0.4, 0.5) is 15.8 Å². The average molecular weight is 446 g/mol. The highest BCUT2D eigenvalue weighted by molar-refractivity contribution is 5.94. The maximum absolute atomic E-state index is 13.4. The second-order valence-electron chi connectivity index (χ2n) is 7.63. The normalized spacial score (nSPS) is 10.3. The Morgan fingerprint density at radius 3 is 2.33 bits per heavy atom. The summed E-state index contributed by atoms with van der Waals surface area (Å²) >= 11 is 0. The zero-order valence-corrected chi connectivity index (χ0v) is 19.1. The van der Waals surface area contributed by atoms with Crippen LogP contribution in [-0.2, 0) is 11.3 Å². The molecular formula is C26H28FN5O. The van der Waals surface area contributed by atoms with Gasteiger partial charge in [-0.1, -0.05) is 18.7 Å². The molecule has 0 radical (unpaired) electrons. The quantitative estimate of drug-likeness (QED) is 0.426. The fourth-order valence-electron chi connectivity index (χ4n) is 3.50. The Morgan fingerprint density at radius 1 is 1.06 bits per heavy atom. The molecule has 2 N–H and O–H groups in total. The smallest absolute Gasteiger partial charge is 0.123 e. The molecule has 7 heteroatoms. The lowest BCUT2D eigenvalue weighted by molar-refractivity contribution is -0.0979. The summed E-state index contributed by atoms with van der Waals surface area (Å²) in [6.07, 6.45) is 1.84. The number of anilines is 2. The van der Waals surface area contributed by atoms with Crippen LogP contribution >= 0.6 is 0 Å². The van der Waals surface area contributed by atoms with E-state index in [2.05, 4.69) is 63.6 Å². The molecule has 0 aliphatic carbocycles. The van der Waals surface area contributed by atoms with Gasteiger partial charge < -0.3 is 20.3 Å². The maximum atomic E-state index is 13.4. The number of benzene rings is 3. The molecule has 0 aliphatic heterocycles. The van der Waals surface area contributed by atoms with Crippen LogP contribution in [0.2, 0.25) is 0 Å². The van der Waals surface area contributed by atoms with E-state index in [9.17, 15) is 4.39 Å². The molecule has 170 valence electrons. The van der Waals surface area contributed by atoms with Gasteiger partial charge in [-0.3, -0.25) is 0 Å². The lowest BCUT2D eigenvalue weighted by atomic mass is 10.1. The van der Waals surface area contributed by atoms with Gasteiger partial charge in [0.1, 0.15) is 12.6 Å². The van der Waals surface area contributed by atoms with Gasteiger partial charge in [0.25, 0.3) is 0 Å². The molecule has 0 bridgehead atoms.